The zero-order chi connectivity index (χ0) is 25.9. The van der Waals surface area contributed by atoms with Crippen molar-refractivity contribution in [2.24, 2.45) is 0 Å². The van der Waals surface area contributed by atoms with Crippen molar-refractivity contribution >= 4 is 34.2 Å². The maximum atomic E-state index is 13.1. The van der Waals surface area contributed by atoms with Gasteiger partial charge in [0.05, 0.1) is 10.5 Å². The molecule has 0 bridgehead atoms. The third-order valence-corrected chi connectivity index (χ3v) is 7.36. The normalized spacial score (nSPS) is 14.8. The molecule has 0 spiro atoms. The third-order valence-electron chi connectivity index (χ3n) is 7.00. The fourth-order valence-corrected chi connectivity index (χ4v) is 4.97. The number of nitrogens with zero attached hydrogens (tertiary/aromatic N) is 5. The summed E-state index contributed by atoms with van der Waals surface area (Å²) in [6, 6.07) is 11.8. The first-order chi connectivity index (χ1) is 17.9. The zero-order valence-electron chi connectivity index (χ0n) is 21.4. The van der Waals surface area contributed by atoms with Crippen molar-refractivity contribution in [2.75, 3.05) is 31.5 Å². The average molecular weight is 515 g/mol. The fraction of sp³-hybridized carbons (Fsp3) is 0.310. The molecule has 1 N–H and O–H groups in total. The number of anilines is 1. The van der Waals surface area contributed by atoms with Crippen molar-refractivity contribution < 1.29 is 4.79 Å². The summed E-state index contributed by atoms with van der Waals surface area (Å²) >= 11 is 6.60. The van der Waals surface area contributed by atoms with E-state index in [-0.39, 0.29) is 5.91 Å². The summed E-state index contributed by atoms with van der Waals surface area (Å²) in [5.74, 6) is 0.183. The maximum absolute atomic E-state index is 13.1. The van der Waals surface area contributed by atoms with Gasteiger partial charge in [-0.1, -0.05) is 17.7 Å². The van der Waals surface area contributed by atoms with E-state index in [0.29, 0.717) is 22.4 Å². The van der Waals surface area contributed by atoms with Crippen LogP contribution in [0.5, 0.6) is 0 Å². The number of fused-ring (bicyclic) bond motifs is 1. The van der Waals surface area contributed by atoms with Gasteiger partial charge in [-0.15, -0.1) is 0 Å². The molecular weight excluding hydrogens is 484 g/mol. The van der Waals surface area contributed by atoms with Crippen molar-refractivity contribution in [3.8, 4) is 11.1 Å². The predicted octanol–water partition coefficient (Wildman–Crippen LogP) is 5.43. The molecule has 0 radical (unpaired) electrons. The first-order valence-electron chi connectivity index (χ1n) is 12.6. The van der Waals surface area contributed by atoms with E-state index >= 15 is 0 Å². The number of carbonyl (C=O) groups excluding carboxylic acids is 1. The molecule has 5 rings (SSSR count). The summed E-state index contributed by atoms with van der Waals surface area (Å²) in [7, 11) is 0. The van der Waals surface area contributed by atoms with Gasteiger partial charge in [0.15, 0.2) is 0 Å². The standard InChI is InChI=1S/C29H31ClN6O/c1-19(2)36-11-9-35(10-12-36)18-23-16-33-27(14-26(23)30)34-29(37)21-7-6-20(3)24(13-21)25-17-31-15-22-5-4-8-32-28(22)25/h4-8,13-17,19H,9-12,18H2,1-3H3,(H,33,34,37). The molecule has 0 atom stereocenters. The minimum absolute atomic E-state index is 0.247. The first-order valence-corrected chi connectivity index (χ1v) is 13.0. The van der Waals surface area contributed by atoms with Gasteiger partial charge < -0.3 is 5.32 Å². The molecule has 4 heterocycles. The van der Waals surface area contributed by atoms with E-state index < -0.39 is 0 Å². The van der Waals surface area contributed by atoms with E-state index in [1.807, 2.05) is 37.3 Å². The third kappa shape index (κ3) is 5.64. The second kappa shape index (κ2) is 10.9. The summed E-state index contributed by atoms with van der Waals surface area (Å²) < 4.78 is 0. The van der Waals surface area contributed by atoms with Crippen LogP contribution in [0.15, 0.2) is 61.2 Å². The minimum Gasteiger partial charge on any atom is -0.307 e. The number of amides is 1. The van der Waals surface area contributed by atoms with Crippen molar-refractivity contribution in [1.82, 2.24) is 24.8 Å². The molecule has 1 fully saturated rings. The quantitative estimate of drug-likeness (QED) is 0.370. The van der Waals surface area contributed by atoms with Gasteiger partial charge >= 0.3 is 0 Å². The number of hydrogen-bond acceptors (Lipinski definition) is 6. The fourth-order valence-electron chi connectivity index (χ4n) is 4.76. The number of carbonyl (C=O) groups is 1. The molecule has 1 saturated heterocycles. The number of nitrogens with one attached hydrogen (secondary N) is 1. The molecule has 0 aliphatic carbocycles. The highest BCUT2D eigenvalue weighted by atomic mass is 35.5. The number of hydrogen-bond donors (Lipinski definition) is 1. The molecule has 1 aliphatic heterocycles. The lowest BCUT2D eigenvalue weighted by atomic mass is 9.97. The van der Waals surface area contributed by atoms with Crippen LogP contribution in [0, 0.1) is 6.92 Å². The molecule has 0 saturated carbocycles. The second-order valence-electron chi connectivity index (χ2n) is 9.81. The molecule has 3 aromatic heterocycles. The van der Waals surface area contributed by atoms with Gasteiger partial charge in [0, 0.05) is 85.6 Å². The lowest BCUT2D eigenvalue weighted by molar-refractivity contribution is 0.102. The molecule has 1 amide bonds. The number of aryl methyl sites for hydroxylation is 1. The Morgan fingerprint density at radius 3 is 2.59 bits per heavy atom. The molecule has 37 heavy (non-hydrogen) atoms. The number of benzene rings is 1. The molecule has 7 nitrogen and oxygen atoms in total. The Labute approximate surface area is 222 Å². The molecule has 1 aromatic carbocycles. The summed E-state index contributed by atoms with van der Waals surface area (Å²) in [5.41, 5.74) is 5.20. The predicted molar refractivity (Wildman–Crippen MR) is 149 cm³/mol. The summed E-state index contributed by atoms with van der Waals surface area (Å²) in [4.78, 5) is 31.4. The number of rotatable bonds is 6. The zero-order valence-corrected chi connectivity index (χ0v) is 22.2. The smallest absolute Gasteiger partial charge is 0.256 e. The van der Waals surface area contributed by atoms with Gasteiger partial charge in [-0.2, -0.15) is 0 Å². The SMILES string of the molecule is Cc1ccc(C(=O)Nc2cc(Cl)c(CN3CCN(C(C)C)CC3)cn2)cc1-c1cncc2cccnc12. The van der Waals surface area contributed by atoms with Crippen LogP contribution >= 0.6 is 11.6 Å². The Kier molecular flexibility index (Phi) is 7.46. The van der Waals surface area contributed by atoms with Crippen molar-refractivity contribution in [3.63, 3.8) is 0 Å². The average Bonchev–Trinajstić information content (AvgIpc) is 2.90. The summed E-state index contributed by atoms with van der Waals surface area (Å²) in [6.07, 6.45) is 7.12. The molecule has 8 heteroatoms. The van der Waals surface area contributed by atoms with E-state index in [9.17, 15) is 4.79 Å². The summed E-state index contributed by atoms with van der Waals surface area (Å²) in [6.45, 7) is 11.4. The van der Waals surface area contributed by atoms with Gasteiger partial charge in [-0.25, -0.2) is 4.98 Å². The largest absolute Gasteiger partial charge is 0.307 e. The number of halogens is 1. The molecule has 1 aliphatic rings. The lowest BCUT2D eigenvalue weighted by Gasteiger charge is -2.37. The molecular formula is C29H31ClN6O. The van der Waals surface area contributed by atoms with Gasteiger partial charge in [-0.05, 0) is 62.2 Å². The molecule has 0 unspecified atom stereocenters. The first kappa shape index (κ1) is 25.3. The Morgan fingerprint density at radius 1 is 1.03 bits per heavy atom. The van der Waals surface area contributed by atoms with E-state index in [1.54, 1.807) is 30.9 Å². The van der Waals surface area contributed by atoms with E-state index in [1.165, 1.54) is 0 Å². The van der Waals surface area contributed by atoms with Crippen LogP contribution in [-0.2, 0) is 6.54 Å². The van der Waals surface area contributed by atoms with Crippen LogP contribution < -0.4 is 5.32 Å². The second-order valence-corrected chi connectivity index (χ2v) is 10.2. The Hall–Kier alpha value is -3.39. The van der Waals surface area contributed by atoms with Crippen molar-refractivity contribution in [3.05, 3.63) is 82.9 Å². The van der Waals surface area contributed by atoms with Gasteiger partial charge in [0.2, 0.25) is 0 Å². The van der Waals surface area contributed by atoms with Gasteiger partial charge in [0.25, 0.3) is 5.91 Å². The van der Waals surface area contributed by atoms with E-state index in [0.717, 1.165) is 65.9 Å². The minimum atomic E-state index is -0.247. The Morgan fingerprint density at radius 2 is 1.84 bits per heavy atom. The maximum Gasteiger partial charge on any atom is 0.256 e. The highest BCUT2D eigenvalue weighted by molar-refractivity contribution is 6.31. The monoisotopic (exact) mass is 514 g/mol. The van der Waals surface area contributed by atoms with Crippen LogP contribution in [-0.4, -0.2) is 62.9 Å². The number of aromatic nitrogens is 3. The van der Waals surface area contributed by atoms with Crippen LogP contribution in [0.2, 0.25) is 5.02 Å². The van der Waals surface area contributed by atoms with E-state index in [4.69, 9.17) is 11.6 Å². The van der Waals surface area contributed by atoms with Crippen LogP contribution in [0.1, 0.15) is 35.3 Å². The Bertz CT molecular complexity index is 1430. The lowest BCUT2D eigenvalue weighted by Crippen LogP contribution is -2.48. The number of piperazine rings is 1. The van der Waals surface area contributed by atoms with E-state index in [2.05, 4.69) is 43.9 Å². The Balaban J connectivity index is 1.30. The highest BCUT2D eigenvalue weighted by Crippen LogP contribution is 2.30. The van der Waals surface area contributed by atoms with Crippen molar-refractivity contribution in [2.45, 2.75) is 33.4 Å². The van der Waals surface area contributed by atoms with Crippen LogP contribution in [0.25, 0.3) is 22.0 Å². The van der Waals surface area contributed by atoms with Crippen LogP contribution in [0.4, 0.5) is 5.82 Å². The highest BCUT2D eigenvalue weighted by Gasteiger charge is 2.20. The van der Waals surface area contributed by atoms with Gasteiger partial charge in [0.1, 0.15) is 5.82 Å². The van der Waals surface area contributed by atoms with Crippen molar-refractivity contribution in [1.29, 1.82) is 0 Å². The summed E-state index contributed by atoms with van der Waals surface area (Å²) in [5, 5.41) is 4.46. The van der Waals surface area contributed by atoms with Gasteiger partial charge in [-0.3, -0.25) is 24.6 Å². The number of pyridine rings is 3. The van der Waals surface area contributed by atoms with Crippen LogP contribution in [0.3, 0.4) is 0 Å². The molecule has 190 valence electrons. The topological polar surface area (TPSA) is 74.2 Å². The molecule has 4 aromatic rings.